The van der Waals surface area contributed by atoms with E-state index in [4.69, 9.17) is 4.43 Å². The Labute approximate surface area is 114 Å². The molecule has 0 atom stereocenters. The standard InChI is InChI=1S/C16H30OSi/c1-13(2)18(14(3)4,15(5)6)17-16-11-9-7-8-10-12-16/h9,11-15H,7-8,10H2,1-6H3. The van der Waals surface area contributed by atoms with Crippen LogP contribution in [0.5, 0.6) is 0 Å². The zero-order chi connectivity index (χ0) is 13.8. The summed E-state index contributed by atoms with van der Waals surface area (Å²) in [5, 5.41) is 0. The number of hydrogen-bond donors (Lipinski definition) is 0. The van der Waals surface area contributed by atoms with Gasteiger partial charge in [-0.25, -0.2) is 0 Å². The van der Waals surface area contributed by atoms with Gasteiger partial charge in [-0.3, -0.25) is 0 Å². The highest BCUT2D eigenvalue weighted by Crippen LogP contribution is 2.43. The molecule has 0 fully saturated rings. The van der Waals surface area contributed by atoms with Crippen LogP contribution in [0, 0.1) is 0 Å². The molecule has 0 aromatic heterocycles. The Bertz CT molecular complexity index is 291. The number of allylic oxidation sites excluding steroid dienone is 3. The first kappa shape index (κ1) is 15.6. The van der Waals surface area contributed by atoms with Gasteiger partial charge in [0, 0.05) is 0 Å². The van der Waals surface area contributed by atoms with Crippen molar-refractivity contribution in [3.63, 3.8) is 0 Å². The van der Waals surface area contributed by atoms with Crippen molar-refractivity contribution >= 4 is 8.32 Å². The highest BCUT2D eigenvalue weighted by Gasteiger charge is 2.47. The second-order valence-electron chi connectivity index (χ2n) is 6.36. The van der Waals surface area contributed by atoms with Gasteiger partial charge in [-0.2, -0.15) is 0 Å². The summed E-state index contributed by atoms with van der Waals surface area (Å²) in [7, 11) is -1.76. The number of rotatable bonds is 5. The minimum Gasteiger partial charge on any atom is -0.543 e. The minimum absolute atomic E-state index is 0.648. The first-order valence-corrected chi connectivity index (χ1v) is 9.61. The minimum atomic E-state index is -1.76. The van der Waals surface area contributed by atoms with Crippen molar-refractivity contribution < 1.29 is 4.43 Å². The van der Waals surface area contributed by atoms with Crippen molar-refractivity contribution in [2.24, 2.45) is 0 Å². The van der Waals surface area contributed by atoms with E-state index in [0.717, 1.165) is 12.2 Å². The largest absolute Gasteiger partial charge is 0.543 e. The molecule has 0 amide bonds. The van der Waals surface area contributed by atoms with E-state index < -0.39 is 8.32 Å². The van der Waals surface area contributed by atoms with Crippen LogP contribution in [0.1, 0.15) is 60.8 Å². The average Bonchev–Trinajstić information content (AvgIpc) is 2.52. The van der Waals surface area contributed by atoms with Gasteiger partial charge in [0.05, 0.1) is 5.76 Å². The summed E-state index contributed by atoms with van der Waals surface area (Å²) in [5.74, 6) is 1.13. The summed E-state index contributed by atoms with van der Waals surface area (Å²) in [5.41, 5.74) is 1.94. The first-order chi connectivity index (χ1) is 8.41. The Morgan fingerprint density at radius 1 is 0.944 bits per heavy atom. The molecule has 2 heteroatoms. The maximum absolute atomic E-state index is 6.66. The quantitative estimate of drug-likeness (QED) is 0.571. The lowest BCUT2D eigenvalue weighted by Gasteiger charge is -2.42. The van der Waals surface area contributed by atoms with E-state index in [0.29, 0.717) is 16.6 Å². The maximum Gasteiger partial charge on any atom is 0.258 e. The van der Waals surface area contributed by atoms with Crippen molar-refractivity contribution in [3.05, 3.63) is 24.0 Å². The highest BCUT2D eigenvalue weighted by molar-refractivity contribution is 6.77. The monoisotopic (exact) mass is 266 g/mol. The highest BCUT2D eigenvalue weighted by atomic mass is 28.4. The van der Waals surface area contributed by atoms with E-state index in [2.05, 4.69) is 59.8 Å². The van der Waals surface area contributed by atoms with Crippen molar-refractivity contribution in [1.29, 1.82) is 0 Å². The molecule has 0 spiro atoms. The Morgan fingerprint density at radius 2 is 1.50 bits per heavy atom. The molecule has 0 aromatic carbocycles. The maximum atomic E-state index is 6.66. The van der Waals surface area contributed by atoms with E-state index in [1.807, 2.05) is 0 Å². The molecule has 0 heterocycles. The van der Waals surface area contributed by atoms with E-state index >= 15 is 0 Å². The van der Waals surface area contributed by atoms with E-state index in [-0.39, 0.29) is 0 Å². The van der Waals surface area contributed by atoms with Crippen molar-refractivity contribution in [1.82, 2.24) is 0 Å². The summed E-state index contributed by atoms with van der Waals surface area (Å²) >= 11 is 0. The lowest BCUT2D eigenvalue weighted by atomic mass is 10.2. The summed E-state index contributed by atoms with van der Waals surface area (Å²) in [6.45, 7) is 14.0. The molecule has 0 N–H and O–H groups in total. The third-order valence-electron chi connectivity index (χ3n) is 4.20. The molecular weight excluding hydrogens is 236 g/mol. The summed E-state index contributed by atoms with van der Waals surface area (Å²) in [4.78, 5) is 0. The molecular formula is C16H30OSi. The van der Waals surface area contributed by atoms with Gasteiger partial charge in [-0.15, -0.1) is 0 Å². The first-order valence-electron chi connectivity index (χ1n) is 7.47. The molecule has 0 unspecified atom stereocenters. The van der Waals surface area contributed by atoms with Gasteiger partial charge >= 0.3 is 0 Å². The zero-order valence-electron chi connectivity index (χ0n) is 13.0. The lowest BCUT2D eigenvalue weighted by molar-refractivity contribution is 0.385. The SMILES string of the molecule is CC(C)[Si](OC1=CCCCC=C1)(C(C)C)C(C)C. The molecule has 0 radical (unpaired) electrons. The van der Waals surface area contributed by atoms with Crippen LogP contribution in [-0.2, 0) is 4.43 Å². The van der Waals surface area contributed by atoms with Gasteiger partial charge in [0.25, 0.3) is 8.32 Å². The van der Waals surface area contributed by atoms with Crippen LogP contribution in [0.3, 0.4) is 0 Å². The van der Waals surface area contributed by atoms with Gasteiger partial charge in [-0.05, 0) is 48.0 Å². The smallest absolute Gasteiger partial charge is 0.258 e. The number of hydrogen-bond acceptors (Lipinski definition) is 1. The van der Waals surface area contributed by atoms with E-state index in [1.165, 1.54) is 12.8 Å². The van der Waals surface area contributed by atoms with Gasteiger partial charge in [-0.1, -0.05) is 47.6 Å². The Kier molecular flexibility index (Phi) is 5.70. The molecule has 0 aromatic rings. The van der Waals surface area contributed by atoms with Crippen molar-refractivity contribution in [3.8, 4) is 0 Å². The van der Waals surface area contributed by atoms with Crippen LogP contribution >= 0.6 is 0 Å². The molecule has 0 saturated heterocycles. The lowest BCUT2D eigenvalue weighted by Crippen LogP contribution is -2.47. The normalized spacial score (nSPS) is 17.3. The summed E-state index contributed by atoms with van der Waals surface area (Å²) < 4.78 is 6.66. The Morgan fingerprint density at radius 3 is 2.00 bits per heavy atom. The van der Waals surface area contributed by atoms with Crippen molar-refractivity contribution in [2.75, 3.05) is 0 Å². The van der Waals surface area contributed by atoms with Gasteiger partial charge in [0.15, 0.2) is 0 Å². The fraction of sp³-hybridized carbons (Fsp3) is 0.750. The molecule has 1 rings (SSSR count). The molecule has 18 heavy (non-hydrogen) atoms. The fourth-order valence-corrected chi connectivity index (χ4v) is 8.65. The third-order valence-corrected chi connectivity index (χ3v) is 10.2. The second-order valence-corrected chi connectivity index (χ2v) is 11.7. The zero-order valence-corrected chi connectivity index (χ0v) is 14.0. The molecule has 0 aliphatic heterocycles. The van der Waals surface area contributed by atoms with E-state index in [1.54, 1.807) is 0 Å². The molecule has 1 aliphatic carbocycles. The topological polar surface area (TPSA) is 9.23 Å². The predicted molar refractivity (Wildman–Crippen MR) is 83.2 cm³/mol. The van der Waals surface area contributed by atoms with Crippen LogP contribution in [0.25, 0.3) is 0 Å². The Balaban J connectivity index is 3.00. The van der Waals surface area contributed by atoms with E-state index in [9.17, 15) is 0 Å². The van der Waals surface area contributed by atoms with Crippen LogP contribution in [0.2, 0.25) is 16.6 Å². The predicted octanol–water partition coefficient (Wildman–Crippen LogP) is 5.80. The fourth-order valence-electron chi connectivity index (χ4n) is 3.38. The molecule has 0 saturated carbocycles. The van der Waals surface area contributed by atoms with Crippen LogP contribution in [-0.4, -0.2) is 8.32 Å². The van der Waals surface area contributed by atoms with Gasteiger partial charge < -0.3 is 4.43 Å². The molecule has 104 valence electrons. The molecule has 0 bridgehead atoms. The van der Waals surface area contributed by atoms with Crippen molar-refractivity contribution in [2.45, 2.75) is 77.4 Å². The molecule has 1 nitrogen and oxygen atoms in total. The van der Waals surface area contributed by atoms with Gasteiger partial charge in [0.2, 0.25) is 0 Å². The van der Waals surface area contributed by atoms with Gasteiger partial charge in [0.1, 0.15) is 0 Å². The third kappa shape index (κ3) is 3.28. The summed E-state index contributed by atoms with van der Waals surface area (Å²) in [6, 6.07) is 0. The van der Waals surface area contributed by atoms with Crippen LogP contribution in [0.4, 0.5) is 0 Å². The van der Waals surface area contributed by atoms with Crippen LogP contribution in [0.15, 0.2) is 24.0 Å². The second kappa shape index (κ2) is 6.60. The Hall–Kier alpha value is -0.503. The molecule has 1 aliphatic rings. The van der Waals surface area contributed by atoms with Crippen LogP contribution < -0.4 is 0 Å². The average molecular weight is 267 g/mol. The summed E-state index contributed by atoms with van der Waals surface area (Å²) in [6.07, 6.45) is 10.3.